The van der Waals surface area contributed by atoms with Crippen LogP contribution in [0.4, 0.5) is 11.4 Å². The van der Waals surface area contributed by atoms with Gasteiger partial charge in [-0.05, 0) is 68.1 Å². The molecule has 0 aliphatic heterocycles. The summed E-state index contributed by atoms with van der Waals surface area (Å²) >= 11 is 0. The van der Waals surface area contributed by atoms with Crippen LogP contribution in [0.25, 0.3) is 0 Å². The molecule has 2 aromatic rings. The Balaban J connectivity index is 1.49. The fraction of sp³-hybridized carbons (Fsp3) is 0.464. The van der Waals surface area contributed by atoms with E-state index in [9.17, 15) is 14.4 Å². The molecule has 0 unspecified atom stereocenters. The van der Waals surface area contributed by atoms with Crippen molar-refractivity contribution in [3.05, 3.63) is 59.7 Å². The summed E-state index contributed by atoms with van der Waals surface area (Å²) in [5, 5.41) is 9.05. The normalized spacial score (nSPS) is 13.7. The molecule has 2 aromatic carbocycles. The number of amides is 3. The number of carbonyl (C=O) groups excluding carboxylic acids is 3. The van der Waals surface area contributed by atoms with Gasteiger partial charge in [-0.1, -0.05) is 39.2 Å². The number of nitrogens with one attached hydrogen (secondary N) is 3. The van der Waals surface area contributed by atoms with Gasteiger partial charge in [0.05, 0.1) is 6.54 Å². The zero-order valence-corrected chi connectivity index (χ0v) is 20.9. The average Bonchev–Trinajstić information content (AvgIpc) is 2.88. The van der Waals surface area contributed by atoms with Gasteiger partial charge in [-0.15, -0.1) is 0 Å². The molecule has 0 spiro atoms. The van der Waals surface area contributed by atoms with E-state index in [-0.39, 0.29) is 30.3 Å². The van der Waals surface area contributed by atoms with Crippen molar-refractivity contribution in [2.75, 3.05) is 30.3 Å². The Bertz CT molecular complexity index is 978. The summed E-state index contributed by atoms with van der Waals surface area (Å²) in [6.07, 6.45) is 7.48. The highest BCUT2D eigenvalue weighted by Crippen LogP contribution is 2.19. The maximum Gasteiger partial charge on any atom is 0.253 e. The van der Waals surface area contributed by atoms with Gasteiger partial charge in [0.2, 0.25) is 5.91 Å². The van der Waals surface area contributed by atoms with E-state index < -0.39 is 0 Å². The van der Waals surface area contributed by atoms with Crippen molar-refractivity contribution in [3.8, 4) is 0 Å². The van der Waals surface area contributed by atoms with Gasteiger partial charge in [-0.25, -0.2) is 0 Å². The van der Waals surface area contributed by atoms with Crippen molar-refractivity contribution in [2.24, 2.45) is 0 Å². The van der Waals surface area contributed by atoms with E-state index in [1.54, 1.807) is 36.4 Å². The molecule has 7 nitrogen and oxygen atoms in total. The monoisotopic (exact) mass is 478 g/mol. The van der Waals surface area contributed by atoms with E-state index in [1.165, 1.54) is 6.42 Å². The minimum Gasteiger partial charge on any atom is -0.376 e. The average molecular weight is 479 g/mol. The zero-order valence-electron chi connectivity index (χ0n) is 20.9. The highest BCUT2D eigenvalue weighted by atomic mass is 16.2. The highest BCUT2D eigenvalue weighted by molar-refractivity contribution is 5.97. The van der Waals surface area contributed by atoms with Crippen LogP contribution in [0.1, 0.15) is 79.5 Å². The van der Waals surface area contributed by atoms with Crippen molar-refractivity contribution < 1.29 is 14.4 Å². The largest absolute Gasteiger partial charge is 0.376 e. The summed E-state index contributed by atoms with van der Waals surface area (Å²) < 4.78 is 0. The van der Waals surface area contributed by atoms with Gasteiger partial charge in [-0.3, -0.25) is 14.4 Å². The molecule has 1 aliphatic carbocycles. The van der Waals surface area contributed by atoms with Gasteiger partial charge < -0.3 is 20.9 Å². The maximum atomic E-state index is 12.7. The van der Waals surface area contributed by atoms with Crippen molar-refractivity contribution in [1.82, 2.24) is 10.2 Å². The topological polar surface area (TPSA) is 90.5 Å². The third-order valence-electron chi connectivity index (χ3n) is 6.21. The first kappa shape index (κ1) is 26.3. The molecule has 0 saturated heterocycles. The predicted molar refractivity (Wildman–Crippen MR) is 141 cm³/mol. The summed E-state index contributed by atoms with van der Waals surface area (Å²) in [6, 6.07) is 14.4. The van der Waals surface area contributed by atoms with E-state index in [0.717, 1.165) is 51.6 Å². The SMILES string of the molecule is CCCN(CCC)C(=O)c1ccc(NC(=O)CNc2cccc(C(=O)NC3CCCCC3)c2)cc1. The molecular weight excluding hydrogens is 440 g/mol. The molecule has 1 saturated carbocycles. The number of carbonyl (C=O) groups is 3. The van der Waals surface area contributed by atoms with Crippen LogP contribution in [-0.2, 0) is 4.79 Å². The molecule has 0 bridgehead atoms. The molecule has 1 aliphatic rings. The minimum atomic E-state index is -0.209. The first-order chi connectivity index (χ1) is 17.0. The van der Waals surface area contributed by atoms with Gasteiger partial charge in [-0.2, -0.15) is 0 Å². The van der Waals surface area contributed by atoms with E-state index >= 15 is 0 Å². The number of anilines is 2. The summed E-state index contributed by atoms with van der Waals surface area (Å²) in [5.74, 6) is -0.267. The third-order valence-corrected chi connectivity index (χ3v) is 6.21. The molecule has 0 heterocycles. The van der Waals surface area contributed by atoms with E-state index in [4.69, 9.17) is 0 Å². The van der Waals surface area contributed by atoms with Crippen molar-refractivity contribution >= 4 is 29.1 Å². The van der Waals surface area contributed by atoms with Gasteiger partial charge in [0.15, 0.2) is 0 Å². The molecule has 3 rings (SSSR count). The van der Waals surface area contributed by atoms with Crippen LogP contribution in [0, 0.1) is 0 Å². The fourth-order valence-corrected chi connectivity index (χ4v) is 4.41. The summed E-state index contributed by atoms with van der Waals surface area (Å²) in [4.78, 5) is 39.6. The number of hydrogen-bond acceptors (Lipinski definition) is 4. The van der Waals surface area contributed by atoms with Crippen LogP contribution >= 0.6 is 0 Å². The van der Waals surface area contributed by atoms with Crippen LogP contribution in [-0.4, -0.2) is 48.3 Å². The minimum absolute atomic E-state index is 0.0145. The van der Waals surface area contributed by atoms with Gasteiger partial charge >= 0.3 is 0 Å². The first-order valence-electron chi connectivity index (χ1n) is 12.8. The molecule has 0 radical (unpaired) electrons. The lowest BCUT2D eigenvalue weighted by Crippen LogP contribution is -2.36. The Morgan fingerprint density at radius 1 is 0.857 bits per heavy atom. The van der Waals surface area contributed by atoms with Gasteiger partial charge in [0, 0.05) is 41.6 Å². The van der Waals surface area contributed by atoms with E-state index in [1.807, 2.05) is 17.0 Å². The molecule has 0 aromatic heterocycles. The fourth-order valence-electron chi connectivity index (χ4n) is 4.41. The van der Waals surface area contributed by atoms with Crippen molar-refractivity contribution in [1.29, 1.82) is 0 Å². The molecule has 188 valence electrons. The molecule has 3 N–H and O–H groups in total. The van der Waals surface area contributed by atoms with Crippen molar-refractivity contribution in [2.45, 2.75) is 64.8 Å². The first-order valence-corrected chi connectivity index (χ1v) is 12.8. The lowest BCUT2D eigenvalue weighted by atomic mass is 9.95. The second-order valence-corrected chi connectivity index (χ2v) is 9.16. The van der Waals surface area contributed by atoms with Gasteiger partial charge in [0.1, 0.15) is 0 Å². The smallest absolute Gasteiger partial charge is 0.253 e. The Morgan fingerprint density at radius 2 is 1.54 bits per heavy atom. The number of nitrogens with zero attached hydrogens (tertiary/aromatic N) is 1. The number of rotatable bonds is 11. The number of benzene rings is 2. The molecule has 35 heavy (non-hydrogen) atoms. The van der Waals surface area contributed by atoms with Crippen LogP contribution in [0.5, 0.6) is 0 Å². The van der Waals surface area contributed by atoms with Crippen LogP contribution in [0.3, 0.4) is 0 Å². The number of hydrogen-bond donors (Lipinski definition) is 3. The third kappa shape index (κ3) is 8.12. The summed E-state index contributed by atoms with van der Waals surface area (Å²) in [7, 11) is 0. The lowest BCUT2D eigenvalue weighted by Gasteiger charge is -2.22. The second-order valence-electron chi connectivity index (χ2n) is 9.16. The van der Waals surface area contributed by atoms with E-state index in [2.05, 4.69) is 29.8 Å². The predicted octanol–water partition coefficient (Wildman–Crippen LogP) is 5.06. The second kappa shape index (κ2) is 13.5. The lowest BCUT2D eigenvalue weighted by molar-refractivity contribution is -0.114. The summed E-state index contributed by atoms with van der Waals surface area (Å²) in [5.41, 5.74) is 2.54. The molecule has 7 heteroatoms. The van der Waals surface area contributed by atoms with Crippen LogP contribution in [0.15, 0.2) is 48.5 Å². The zero-order chi connectivity index (χ0) is 25.0. The van der Waals surface area contributed by atoms with E-state index in [0.29, 0.717) is 22.5 Å². The molecular formula is C28H38N4O3. The Labute approximate surface area is 208 Å². The Morgan fingerprint density at radius 3 is 2.20 bits per heavy atom. The van der Waals surface area contributed by atoms with Gasteiger partial charge in [0.25, 0.3) is 11.8 Å². The van der Waals surface area contributed by atoms with Crippen LogP contribution < -0.4 is 16.0 Å². The Hall–Kier alpha value is -3.35. The molecule has 3 amide bonds. The summed E-state index contributed by atoms with van der Waals surface area (Å²) in [6.45, 7) is 5.66. The quantitative estimate of drug-likeness (QED) is 0.421. The molecule has 0 atom stereocenters. The standard InChI is InChI=1S/C28H38N4O3/c1-3-17-32(18-4-2)28(35)21-13-15-24(16-14-21)30-26(33)20-29-25-12-8-9-22(19-25)27(34)31-23-10-6-5-7-11-23/h8-9,12-16,19,23,29H,3-7,10-11,17-18,20H2,1-2H3,(H,30,33)(H,31,34). The maximum absolute atomic E-state index is 12.7. The molecule has 1 fully saturated rings. The Kier molecular flexibility index (Phi) is 10.1. The van der Waals surface area contributed by atoms with Crippen molar-refractivity contribution in [3.63, 3.8) is 0 Å². The highest BCUT2D eigenvalue weighted by Gasteiger charge is 2.17. The van der Waals surface area contributed by atoms with Crippen LogP contribution in [0.2, 0.25) is 0 Å².